The molecule has 86 valence electrons. The fourth-order valence-electron chi connectivity index (χ4n) is 1.10. The van der Waals surface area contributed by atoms with E-state index in [0.717, 1.165) is 0 Å². The highest BCUT2D eigenvalue weighted by Crippen LogP contribution is 2.38. The molecule has 0 aliphatic heterocycles. The van der Waals surface area contributed by atoms with Gasteiger partial charge in [0.05, 0.1) is 0 Å². The molecule has 0 aliphatic carbocycles. The molecule has 0 spiro atoms. The van der Waals surface area contributed by atoms with Crippen LogP contribution in [0.5, 0.6) is 0 Å². The predicted octanol–water partition coefficient (Wildman–Crippen LogP) is 2.54. The largest absolute Gasteiger partial charge is 0.479 e. The van der Waals surface area contributed by atoms with Gasteiger partial charge in [-0.05, 0) is 12.1 Å². The van der Waals surface area contributed by atoms with Crippen LogP contribution < -0.4 is 0 Å². The molecule has 3 nitrogen and oxygen atoms in total. The summed E-state index contributed by atoms with van der Waals surface area (Å²) in [4.78, 5) is -0.613. The molecular formula is C8H4F5N3. The van der Waals surface area contributed by atoms with Gasteiger partial charge in [-0.15, -0.1) is 15.0 Å². The summed E-state index contributed by atoms with van der Waals surface area (Å²) in [6, 6.07) is 0.419. The van der Waals surface area contributed by atoms with Gasteiger partial charge in [-0.25, -0.2) is 0 Å². The Kier molecular flexibility index (Phi) is 2.11. The number of alkyl halides is 5. The maximum Gasteiger partial charge on any atom is 0.479 e. The number of hydrogen-bond donors (Lipinski definition) is 0. The minimum Gasteiger partial charge on any atom is -0.169 e. The number of rotatable bonds is 1. The molecule has 0 atom stereocenters. The second-order valence-corrected chi connectivity index (χ2v) is 3.02. The van der Waals surface area contributed by atoms with Gasteiger partial charge in [0.2, 0.25) is 0 Å². The fourth-order valence-corrected chi connectivity index (χ4v) is 1.10. The summed E-state index contributed by atoms with van der Waals surface area (Å²) in [5, 5.41) is 6.17. The lowest BCUT2D eigenvalue weighted by Crippen LogP contribution is -2.41. The molecule has 0 unspecified atom stereocenters. The van der Waals surface area contributed by atoms with Gasteiger partial charge in [0.25, 0.3) is 0 Å². The minimum absolute atomic E-state index is 0.0218. The summed E-state index contributed by atoms with van der Waals surface area (Å²) in [7, 11) is 0. The Morgan fingerprint density at radius 2 is 1.31 bits per heavy atom. The Bertz CT molecular complexity index is 483. The molecule has 2 rings (SSSR count). The summed E-state index contributed by atoms with van der Waals surface area (Å²) in [5.74, 6) is 0. The molecule has 0 N–H and O–H groups in total. The second kappa shape index (κ2) is 3.13. The zero-order chi connectivity index (χ0) is 12.0. The summed E-state index contributed by atoms with van der Waals surface area (Å²) in [6.07, 6.45) is -5.72. The second-order valence-electron chi connectivity index (χ2n) is 3.02. The molecule has 0 saturated heterocycles. The highest BCUT2D eigenvalue weighted by molar-refractivity contribution is 5.72. The van der Waals surface area contributed by atoms with Crippen molar-refractivity contribution < 1.29 is 22.0 Å². The van der Waals surface area contributed by atoms with E-state index in [-0.39, 0.29) is 11.0 Å². The van der Waals surface area contributed by atoms with Crippen LogP contribution in [0.2, 0.25) is 0 Å². The lowest BCUT2D eigenvalue weighted by atomic mass is 10.3. The van der Waals surface area contributed by atoms with E-state index < -0.39 is 17.0 Å². The number of hydrogen-bond acceptors (Lipinski definition) is 2. The lowest BCUT2D eigenvalue weighted by Gasteiger charge is -2.17. The molecule has 0 saturated carbocycles. The van der Waals surface area contributed by atoms with Crippen LogP contribution in [0.4, 0.5) is 22.0 Å². The first-order chi connectivity index (χ1) is 7.32. The average molecular weight is 237 g/mol. The zero-order valence-corrected chi connectivity index (χ0v) is 7.54. The van der Waals surface area contributed by atoms with E-state index in [1.54, 1.807) is 0 Å². The number of benzene rings is 1. The average Bonchev–Trinajstić information content (AvgIpc) is 2.59. The molecule has 8 heteroatoms. The van der Waals surface area contributed by atoms with Crippen LogP contribution in [0, 0.1) is 0 Å². The lowest BCUT2D eigenvalue weighted by molar-refractivity contribution is -0.332. The molecule has 0 radical (unpaired) electrons. The summed E-state index contributed by atoms with van der Waals surface area (Å²) < 4.78 is 61.6. The molecule has 1 aromatic carbocycles. The third kappa shape index (κ3) is 1.50. The molecule has 2 aromatic rings. The van der Waals surface area contributed by atoms with Crippen molar-refractivity contribution in [1.82, 2.24) is 15.0 Å². The molecule has 1 aromatic heterocycles. The van der Waals surface area contributed by atoms with Gasteiger partial charge in [0.1, 0.15) is 11.0 Å². The van der Waals surface area contributed by atoms with Crippen LogP contribution in [0.1, 0.15) is 0 Å². The van der Waals surface area contributed by atoms with E-state index in [0.29, 0.717) is 0 Å². The Labute approximate surface area is 85.5 Å². The monoisotopic (exact) mass is 237 g/mol. The molecule has 0 bridgehead atoms. The van der Waals surface area contributed by atoms with Crippen LogP contribution in [-0.2, 0) is 6.05 Å². The van der Waals surface area contributed by atoms with Crippen LogP contribution in [-0.4, -0.2) is 21.2 Å². The highest BCUT2D eigenvalue weighted by atomic mass is 19.4. The minimum atomic E-state index is -5.72. The predicted molar refractivity (Wildman–Crippen MR) is 43.8 cm³/mol. The van der Waals surface area contributed by atoms with Crippen molar-refractivity contribution in [2.45, 2.75) is 12.2 Å². The first-order valence-electron chi connectivity index (χ1n) is 4.09. The van der Waals surface area contributed by atoms with Crippen molar-refractivity contribution in [2.75, 3.05) is 0 Å². The van der Waals surface area contributed by atoms with E-state index in [1.807, 2.05) is 0 Å². The summed E-state index contributed by atoms with van der Waals surface area (Å²) in [6.45, 7) is 0. The molecule has 1 heterocycles. The van der Waals surface area contributed by atoms with Crippen molar-refractivity contribution in [2.24, 2.45) is 0 Å². The topological polar surface area (TPSA) is 30.7 Å². The van der Waals surface area contributed by atoms with Crippen molar-refractivity contribution >= 4 is 11.0 Å². The third-order valence-electron chi connectivity index (χ3n) is 1.88. The first kappa shape index (κ1) is 10.8. The molecule has 16 heavy (non-hydrogen) atoms. The maximum absolute atomic E-state index is 12.8. The molecular weight excluding hydrogens is 233 g/mol. The number of halogens is 5. The molecule has 0 aliphatic rings. The first-order valence-corrected chi connectivity index (χ1v) is 4.09. The smallest absolute Gasteiger partial charge is 0.169 e. The van der Waals surface area contributed by atoms with Crippen molar-refractivity contribution in [1.29, 1.82) is 0 Å². The van der Waals surface area contributed by atoms with Gasteiger partial charge < -0.3 is 0 Å². The SMILES string of the molecule is FC(F)(F)C(F)(F)n1nc2ccccc2n1. The Morgan fingerprint density at radius 3 is 1.69 bits per heavy atom. The van der Waals surface area contributed by atoms with E-state index in [2.05, 4.69) is 10.2 Å². The van der Waals surface area contributed by atoms with Gasteiger partial charge in [-0.1, -0.05) is 12.1 Å². The van der Waals surface area contributed by atoms with Crippen LogP contribution >= 0.6 is 0 Å². The van der Waals surface area contributed by atoms with Crippen LogP contribution in [0.15, 0.2) is 24.3 Å². The number of fused-ring (bicyclic) bond motifs is 1. The number of nitrogens with zero attached hydrogens (tertiary/aromatic N) is 3. The van der Waals surface area contributed by atoms with Gasteiger partial charge >= 0.3 is 12.2 Å². The third-order valence-corrected chi connectivity index (χ3v) is 1.88. The van der Waals surface area contributed by atoms with Crippen LogP contribution in [0.25, 0.3) is 11.0 Å². The maximum atomic E-state index is 12.8. The molecule has 0 amide bonds. The van der Waals surface area contributed by atoms with Crippen molar-refractivity contribution in [3.8, 4) is 0 Å². The van der Waals surface area contributed by atoms with Gasteiger partial charge in [-0.2, -0.15) is 22.0 Å². The molecule has 0 fully saturated rings. The van der Waals surface area contributed by atoms with Crippen molar-refractivity contribution in [3.63, 3.8) is 0 Å². The van der Waals surface area contributed by atoms with E-state index in [1.165, 1.54) is 24.3 Å². The normalized spacial score (nSPS) is 13.3. The quantitative estimate of drug-likeness (QED) is 0.713. The highest BCUT2D eigenvalue weighted by Gasteiger charge is 2.61. The van der Waals surface area contributed by atoms with Crippen molar-refractivity contribution in [3.05, 3.63) is 24.3 Å². The van der Waals surface area contributed by atoms with E-state index in [9.17, 15) is 22.0 Å². The Morgan fingerprint density at radius 1 is 0.875 bits per heavy atom. The van der Waals surface area contributed by atoms with E-state index in [4.69, 9.17) is 0 Å². The summed E-state index contributed by atoms with van der Waals surface area (Å²) in [5.41, 5.74) is -0.0437. The van der Waals surface area contributed by atoms with E-state index >= 15 is 0 Å². The van der Waals surface area contributed by atoms with Crippen LogP contribution in [0.3, 0.4) is 0 Å². The van der Waals surface area contributed by atoms with Gasteiger partial charge in [0.15, 0.2) is 0 Å². The standard InChI is InChI=1S/C8H4F5N3/c9-7(10,11)8(12,13)16-14-5-3-1-2-4-6(5)15-16/h1-4H. The Hall–Kier alpha value is -1.73. The summed E-state index contributed by atoms with van der Waals surface area (Å²) >= 11 is 0. The zero-order valence-electron chi connectivity index (χ0n) is 7.54. The fraction of sp³-hybridized carbons (Fsp3) is 0.250. The van der Waals surface area contributed by atoms with Gasteiger partial charge in [-0.3, -0.25) is 0 Å². The Balaban J connectivity index is 2.56. The number of aromatic nitrogens is 3. The van der Waals surface area contributed by atoms with Gasteiger partial charge in [0, 0.05) is 0 Å².